The van der Waals surface area contributed by atoms with Crippen molar-refractivity contribution in [2.75, 3.05) is 5.32 Å². The van der Waals surface area contributed by atoms with Gasteiger partial charge < -0.3 is 9.88 Å². The number of allylic oxidation sites excluding steroid dienone is 1. The van der Waals surface area contributed by atoms with Crippen LogP contribution in [0.2, 0.25) is 0 Å². The zero-order chi connectivity index (χ0) is 12.1. The van der Waals surface area contributed by atoms with Gasteiger partial charge in [0.25, 0.3) is 0 Å². The van der Waals surface area contributed by atoms with Crippen LogP contribution in [0.25, 0.3) is 0 Å². The summed E-state index contributed by atoms with van der Waals surface area (Å²) in [5.41, 5.74) is 1.22. The zero-order valence-electron chi connectivity index (χ0n) is 9.44. The van der Waals surface area contributed by atoms with Gasteiger partial charge in [-0.05, 0) is 17.7 Å². The third kappa shape index (κ3) is 3.20. The van der Waals surface area contributed by atoms with Crippen molar-refractivity contribution in [3.8, 4) is 0 Å². The normalized spacial score (nSPS) is 10.2. The lowest BCUT2D eigenvalue weighted by Crippen LogP contribution is -2.06. The SMILES string of the molecule is C=CCn1ccnc1NCc1ccc(Br)cc1. The van der Waals surface area contributed by atoms with Gasteiger partial charge in [-0.1, -0.05) is 34.1 Å². The van der Waals surface area contributed by atoms with Crippen LogP contribution in [0.1, 0.15) is 5.56 Å². The molecule has 4 heteroatoms. The van der Waals surface area contributed by atoms with Crippen molar-refractivity contribution in [2.45, 2.75) is 13.1 Å². The van der Waals surface area contributed by atoms with Crippen LogP contribution in [-0.4, -0.2) is 9.55 Å². The molecule has 1 aromatic carbocycles. The van der Waals surface area contributed by atoms with E-state index in [1.807, 2.05) is 29.0 Å². The van der Waals surface area contributed by atoms with Crippen LogP contribution in [0.15, 0.2) is 53.8 Å². The molecule has 1 heterocycles. The monoisotopic (exact) mass is 291 g/mol. The summed E-state index contributed by atoms with van der Waals surface area (Å²) in [6.45, 7) is 5.25. The highest BCUT2D eigenvalue weighted by atomic mass is 79.9. The molecule has 88 valence electrons. The van der Waals surface area contributed by atoms with Crippen molar-refractivity contribution < 1.29 is 0 Å². The first-order valence-electron chi connectivity index (χ1n) is 5.40. The van der Waals surface area contributed by atoms with E-state index in [0.29, 0.717) is 0 Å². The molecule has 2 aromatic rings. The number of hydrogen-bond donors (Lipinski definition) is 1. The first-order chi connectivity index (χ1) is 8.29. The molecule has 0 unspecified atom stereocenters. The minimum absolute atomic E-state index is 0.765. The summed E-state index contributed by atoms with van der Waals surface area (Å²) in [5.74, 6) is 0.868. The second-order valence-electron chi connectivity index (χ2n) is 3.67. The molecule has 0 amide bonds. The number of imidazole rings is 1. The molecule has 0 aliphatic rings. The van der Waals surface area contributed by atoms with Crippen LogP contribution in [0.3, 0.4) is 0 Å². The highest BCUT2D eigenvalue weighted by Crippen LogP contribution is 2.12. The van der Waals surface area contributed by atoms with E-state index in [9.17, 15) is 0 Å². The van der Waals surface area contributed by atoms with Crippen LogP contribution in [0.4, 0.5) is 5.95 Å². The lowest BCUT2D eigenvalue weighted by molar-refractivity contribution is 0.820. The number of hydrogen-bond acceptors (Lipinski definition) is 2. The van der Waals surface area contributed by atoms with Crippen molar-refractivity contribution in [1.29, 1.82) is 0 Å². The summed E-state index contributed by atoms with van der Waals surface area (Å²) in [6, 6.07) is 8.23. The molecule has 0 aliphatic heterocycles. The maximum atomic E-state index is 4.26. The Morgan fingerprint density at radius 2 is 2.12 bits per heavy atom. The minimum atomic E-state index is 0.765. The maximum Gasteiger partial charge on any atom is 0.203 e. The van der Waals surface area contributed by atoms with Gasteiger partial charge in [0.05, 0.1) is 0 Å². The van der Waals surface area contributed by atoms with E-state index in [1.165, 1.54) is 5.56 Å². The average molecular weight is 292 g/mol. The van der Waals surface area contributed by atoms with Gasteiger partial charge in [-0.2, -0.15) is 0 Å². The number of benzene rings is 1. The van der Waals surface area contributed by atoms with Crippen molar-refractivity contribution in [2.24, 2.45) is 0 Å². The molecule has 0 saturated carbocycles. The fourth-order valence-corrected chi connectivity index (χ4v) is 1.81. The van der Waals surface area contributed by atoms with E-state index in [1.54, 1.807) is 6.20 Å². The quantitative estimate of drug-likeness (QED) is 0.855. The number of anilines is 1. The topological polar surface area (TPSA) is 29.9 Å². The molecular formula is C13H14BrN3. The van der Waals surface area contributed by atoms with Gasteiger partial charge in [0.2, 0.25) is 5.95 Å². The van der Waals surface area contributed by atoms with Crippen LogP contribution in [-0.2, 0) is 13.1 Å². The van der Waals surface area contributed by atoms with Crippen LogP contribution >= 0.6 is 15.9 Å². The predicted octanol–water partition coefficient (Wildman–Crippen LogP) is 3.44. The third-order valence-electron chi connectivity index (χ3n) is 2.41. The fraction of sp³-hybridized carbons (Fsp3) is 0.154. The fourth-order valence-electron chi connectivity index (χ4n) is 1.55. The molecule has 0 fully saturated rings. The highest BCUT2D eigenvalue weighted by Gasteiger charge is 2.00. The largest absolute Gasteiger partial charge is 0.352 e. The zero-order valence-corrected chi connectivity index (χ0v) is 11.0. The number of rotatable bonds is 5. The third-order valence-corrected chi connectivity index (χ3v) is 2.93. The number of nitrogens with zero attached hydrogens (tertiary/aromatic N) is 2. The molecule has 1 N–H and O–H groups in total. The molecule has 0 atom stereocenters. The predicted molar refractivity (Wildman–Crippen MR) is 73.9 cm³/mol. The maximum absolute atomic E-state index is 4.26. The summed E-state index contributed by atoms with van der Waals surface area (Å²) < 4.78 is 3.11. The van der Waals surface area contributed by atoms with E-state index in [4.69, 9.17) is 0 Å². The second-order valence-corrected chi connectivity index (χ2v) is 4.59. The summed E-state index contributed by atoms with van der Waals surface area (Å²) in [6.07, 6.45) is 5.57. The first kappa shape index (κ1) is 11.9. The Morgan fingerprint density at radius 3 is 2.82 bits per heavy atom. The standard InChI is InChI=1S/C13H14BrN3/c1-2-8-17-9-7-15-13(17)16-10-11-3-5-12(14)6-4-11/h2-7,9H,1,8,10H2,(H,15,16). The van der Waals surface area contributed by atoms with Gasteiger partial charge in [0.1, 0.15) is 0 Å². The van der Waals surface area contributed by atoms with Crippen molar-refractivity contribution in [1.82, 2.24) is 9.55 Å². The Hall–Kier alpha value is -1.55. The summed E-state index contributed by atoms with van der Waals surface area (Å²) in [5, 5.41) is 3.30. The summed E-state index contributed by atoms with van der Waals surface area (Å²) >= 11 is 3.42. The first-order valence-corrected chi connectivity index (χ1v) is 6.19. The summed E-state index contributed by atoms with van der Waals surface area (Å²) in [4.78, 5) is 4.26. The Morgan fingerprint density at radius 1 is 1.35 bits per heavy atom. The highest BCUT2D eigenvalue weighted by molar-refractivity contribution is 9.10. The number of nitrogens with one attached hydrogen (secondary N) is 1. The second kappa shape index (κ2) is 5.68. The average Bonchev–Trinajstić information content (AvgIpc) is 2.77. The van der Waals surface area contributed by atoms with Crippen LogP contribution < -0.4 is 5.32 Å². The smallest absolute Gasteiger partial charge is 0.203 e. The Bertz CT molecular complexity index is 488. The lowest BCUT2D eigenvalue weighted by atomic mass is 10.2. The van der Waals surface area contributed by atoms with Crippen molar-refractivity contribution in [3.63, 3.8) is 0 Å². The molecule has 0 spiro atoms. The molecule has 0 saturated heterocycles. The van der Waals surface area contributed by atoms with Crippen LogP contribution in [0, 0.1) is 0 Å². The van der Waals surface area contributed by atoms with E-state index in [2.05, 4.69) is 44.9 Å². The van der Waals surface area contributed by atoms with E-state index < -0.39 is 0 Å². The Labute approximate surface area is 109 Å². The lowest BCUT2D eigenvalue weighted by Gasteiger charge is -2.08. The molecular weight excluding hydrogens is 278 g/mol. The molecule has 0 aliphatic carbocycles. The van der Waals surface area contributed by atoms with Crippen molar-refractivity contribution >= 4 is 21.9 Å². The van der Waals surface area contributed by atoms with Gasteiger partial charge in [0.15, 0.2) is 0 Å². The van der Waals surface area contributed by atoms with E-state index in [-0.39, 0.29) is 0 Å². The van der Waals surface area contributed by atoms with E-state index in [0.717, 1.165) is 23.5 Å². The molecule has 1 aromatic heterocycles. The van der Waals surface area contributed by atoms with E-state index >= 15 is 0 Å². The minimum Gasteiger partial charge on any atom is -0.352 e. The van der Waals surface area contributed by atoms with Gasteiger partial charge in [-0.3, -0.25) is 0 Å². The molecule has 2 rings (SSSR count). The van der Waals surface area contributed by atoms with Crippen LogP contribution in [0.5, 0.6) is 0 Å². The molecule has 3 nitrogen and oxygen atoms in total. The Kier molecular flexibility index (Phi) is 3.98. The molecule has 0 radical (unpaired) electrons. The van der Waals surface area contributed by atoms with Gasteiger partial charge in [0, 0.05) is 30.0 Å². The molecule has 17 heavy (non-hydrogen) atoms. The van der Waals surface area contributed by atoms with Gasteiger partial charge in [-0.15, -0.1) is 6.58 Å². The number of halogens is 1. The Balaban J connectivity index is 1.99. The van der Waals surface area contributed by atoms with Gasteiger partial charge >= 0.3 is 0 Å². The van der Waals surface area contributed by atoms with Gasteiger partial charge in [-0.25, -0.2) is 4.98 Å². The summed E-state index contributed by atoms with van der Waals surface area (Å²) in [7, 11) is 0. The number of aromatic nitrogens is 2. The molecule has 0 bridgehead atoms. The van der Waals surface area contributed by atoms with Crippen molar-refractivity contribution in [3.05, 3.63) is 59.4 Å².